The Bertz CT molecular complexity index is 443. The highest BCUT2D eigenvalue weighted by atomic mass is 19.3. The van der Waals surface area contributed by atoms with E-state index in [-0.39, 0.29) is 6.04 Å². The Balaban J connectivity index is 2.53. The zero-order valence-electron chi connectivity index (χ0n) is 9.87. The van der Waals surface area contributed by atoms with Crippen molar-refractivity contribution >= 4 is 17.4 Å². The summed E-state index contributed by atoms with van der Waals surface area (Å²) in [6.45, 7) is 2.94. The number of H-pyrrole nitrogens is 1. The highest BCUT2D eigenvalue weighted by Crippen LogP contribution is 2.35. The number of nitrogens with zero attached hydrogens (tertiary/aromatic N) is 3. The van der Waals surface area contributed by atoms with Gasteiger partial charge in [0, 0.05) is 13.1 Å². The van der Waals surface area contributed by atoms with Crippen LogP contribution in [-0.2, 0) is 4.79 Å². The first kappa shape index (κ1) is 11.8. The second-order valence-electron chi connectivity index (χ2n) is 4.39. The maximum atomic E-state index is 13.7. The fourth-order valence-electron chi connectivity index (χ4n) is 1.89. The van der Waals surface area contributed by atoms with Crippen molar-refractivity contribution in [2.75, 3.05) is 23.4 Å². The minimum atomic E-state index is -3.39. The molecule has 17 heavy (non-hydrogen) atoms. The van der Waals surface area contributed by atoms with Crippen LogP contribution in [0.25, 0.3) is 0 Å². The van der Waals surface area contributed by atoms with Crippen molar-refractivity contribution in [3.8, 4) is 0 Å². The largest absolute Gasteiger partial charge is 0.346 e. The van der Waals surface area contributed by atoms with E-state index in [1.165, 1.54) is 18.1 Å². The van der Waals surface area contributed by atoms with E-state index in [0.717, 1.165) is 4.90 Å². The number of rotatable bonds is 1. The number of amides is 1. The summed E-state index contributed by atoms with van der Waals surface area (Å²) in [5, 5.41) is 6.47. The molecule has 94 valence electrons. The van der Waals surface area contributed by atoms with Crippen molar-refractivity contribution in [3.63, 3.8) is 0 Å². The molecule has 0 bridgehead atoms. The Morgan fingerprint density at radius 1 is 1.53 bits per heavy atom. The van der Waals surface area contributed by atoms with Gasteiger partial charge in [-0.15, -0.1) is 0 Å². The smallest absolute Gasteiger partial charge is 0.342 e. The molecule has 1 aromatic rings. The molecular formula is C10H14F2N4O. The SMILES string of the molecule is CC(C)N1CC(F)(F)C(=O)N(C)c2cn[nH]c21. The van der Waals surface area contributed by atoms with Crippen LogP contribution in [0.5, 0.6) is 0 Å². The summed E-state index contributed by atoms with van der Waals surface area (Å²) in [6, 6.07) is -0.153. The van der Waals surface area contributed by atoms with E-state index in [0.29, 0.717) is 11.5 Å². The minimum Gasteiger partial charge on any atom is -0.346 e. The van der Waals surface area contributed by atoms with Gasteiger partial charge in [0.25, 0.3) is 5.91 Å². The van der Waals surface area contributed by atoms with Crippen molar-refractivity contribution in [3.05, 3.63) is 6.20 Å². The van der Waals surface area contributed by atoms with Gasteiger partial charge in [-0.1, -0.05) is 0 Å². The molecule has 0 atom stereocenters. The van der Waals surface area contributed by atoms with Gasteiger partial charge in [0.05, 0.1) is 12.7 Å². The van der Waals surface area contributed by atoms with Gasteiger partial charge in [-0.2, -0.15) is 13.9 Å². The summed E-state index contributed by atoms with van der Waals surface area (Å²) in [7, 11) is 1.33. The average molecular weight is 244 g/mol. The van der Waals surface area contributed by atoms with E-state index in [1.54, 1.807) is 13.8 Å². The normalized spacial score (nSPS) is 19.5. The molecule has 2 rings (SSSR count). The number of fused-ring (bicyclic) bond motifs is 1. The molecule has 0 unspecified atom stereocenters. The van der Waals surface area contributed by atoms with Crippen LogP contribution in [0.15, 0.2) is 6.20 Å². The molecule has 0 saturated carbocycles. The molecule has 1 aliphatic rings. The highest BCUT2D eigenvalue weighted by molar-refractivity contribution is 6.01. The number of nitrogens with one attached hydrogen (secondary N) is 1. The number of alkyl halides is 2. The molecule has 0 aliphatic carbocycles. The second-order valence-corrected chi connectivity index (χ2v) is 4.39. The molecule has 1 aliphatic heterocycles. The number of hydrogen-bond acceptors (Lipinski definition) is 3. The summed E-state index contributed by atoms with van der Waals surface area (Å²) in [6.07, 6.45) is 1.38. The third-order valence-corrected chi connectivity index (χ3v) is 2.86. The standard InChI is InChI=1S/C10H14F2N4O/c1-6(2)16-5-10(11,12)9(17)15(3)7-4-13-14-8(7)16/h4,6H,5H2,1-3H3,(H,13,14). The quantitative estimate of drug-likeness (QED) is 0.808. The maximum Gasteiger partial charge on any atom is 0.342 e. The maximum absolute atomic E-state index is 13.7. The fraction of sp³-hybridized carbons (Fsp3) is 0.600. The minimum absolute atomic E-state index is 0.153. The number of halogens is 2. The third kappa shape index (κ3) is 1.75. The van der Waals surface area contributed by atoms with E-state index in [9.17, 15) is 13.6 Å². The summed E-state index contributed by atoms with van der Waals surface area (Å²) < 4.78 is 27.4. The summed E-state index contributed by atoms with van der Waals surface area (Å²) >= 11 is 0. The Morgan fingerprint density at radius 3 is 2.76 bits per heavy atom. The highest BCUT2D eigenvalue weighted by Gasteiger charge is 2.47. The molecule has 2 heterocycles. The molecule has 5 nitrogen and oxygen atoms in total. The monoisotopic (exact) mass is 244 g/mol. The topological polar surface area (TPSA) is 52.2 Å². The van der Waals surface area contributed by atoms with Crippen LogP contribution >= 0.6 is 0 Å². The van der Waals surface area contributed by atoms with Crippen LogP contribution in [0.2, 0.25) is 0 Å². The first-order valence-corrected chi connectivity index (χ1v) is 5.30. The second kappa shape index (κ2) is 3.68. The van der Waals surface area contributed by atoms with Crippen molar-refractivity contribution in [2.24, 2.45) is 0 Å². The van der Waals surface area contributed by atoms with Gasteiger partial charge in [-0.25, -0.2) is 0 Å². The lowest BCUT2D eigenvalue weighted by Crippen LogP contribution is -2.47. The van der Waals surface area contributed by atoms with Crippen LogP contribution in [0.4, 0.5) is 20.3 Å². The molecule has 0 saturated heterocycles. The first-order valence-electron chi connectivity index (χ1n) is 5.30. The molecule has 0 fully saturated rings. The van der Waals surface area contributed by atoms with Crippen LogP contribution in [0.3, 0.4) is 0 Å². The molecule has 1 N–H and O–H groups in total. The molecule has 0 aromatic carbocycles. The number of anilines is 2. The molecule has 7 heteroatoms. The molecule has 0 spiro atoms. The van der Waals surface area contributed by atoms with Crippen molar-refractivity contribution < 1.29 is 13.6 Å². The number of carbonyl (C=O) groups excluding carboxylic acids is 1. The van der Waals surface area contributed by atoms with Crippen LogP contribution in [0, 0.1) is 0 Å². The van der Waals surface area contributed by atoms with Gasteiger partial charge in [0.2, 0.25) is 0 Å². The molecule has 0 radical (unpaired) electrons. The van der Waals surface area contributed by atoms with Gasteiger partial charge in [-0.05, 0) is 13.8 Å². The fourth-order valence-corrected chi connectivity index (χ4v) is 1.89. The van der Waals surface area contributed by atoms with Crippen molar-refractivity contribution in [1.29, 1.82) is 0 Å². The van der Waals surface area contributed by atoms with E-state index in [2.05, 4.69) is 10.2 Å². The lowest BCUT2D eigenvalue weighted by atomic mass is 10.2. The molecular weight excluding hydrogens is 230 g/mol. The predicted molar refractivity (Wildman–Crippen MR) is 59.4 cm³/mol. The molecule has 1 aromatic heterocycles. The van der Waals surface area contributed by atoms with Crippen LogP contribution in [0.1, 0.15) is 13.8 Å². The van der Waals surface area contributed by atoms with Gasteiger partial charge >= 0.3 is 5.92 Å². The number of hydrogen-bond donors (Lipinski definition) is 1. The van der Waals surface area contributed by atoms with E-state index in [4.69, 9.17) is 0 Å². The summed E-state index contributed by atoms with van der Waals surface area (Å²) in [5.74, 6) is -4.14. The lowest BCUT2D eigenvalue weighted by Gasteiger charge is -2.27. The number of aromatic nitrogens is 2. The molecule has 1 amide bonds. The zero-order valence-corrected chi connectivity index (χ0v) is 9.87. The van der Waals surface area contributed by atoms with Crippen LogP contribution < -0.4 is 9.80 Å². The van der Waals surface area contributed by atoms with Gasteiger partial charge in [0.1, 0.15) is 11.5 Å². The van der Waals surface area contributed by atoms with Gasteiger partial charge in [-0.3, -0.25) is 9.89 Å². The Kier molecular flexibility index (Phi) is 2.56. The Hall–Kier alpha value is -1.66. The summed E-state index contributed by atoms with van der Waals surface area (Å²) in [5.41, 5.74) is 0.376. The lowest BCUT2D eigenvalue weighted by molar-refractivity contribution is -0.140. The van der Waals surface area contributed by atoms with E-state index in [1.807, 2.05) is 0 Å². The summed E-state index contributed by atoms with van der Waals surface area (Å²) in [4.78, 5) is 14.0. The van der Waals surface area contributed by atoms with Crippen molar-refractivity contribution in [2.45, 2.75) is 25.8 Å². The Labute approximate surface area is 97.4 Å². The number of carbonyl (C=O) groups is 1. The third-order valence-electron chi connectivity index (χ3n) is 2.86. The first-order chi connectivity index (χ1) is 7.84. The average Bonchev–Trinajstić information content (AvgIpc) is 2.69. The number of aromatic amines is 1. The zero-order chi connectivity index (χ0) is 12.8. The van der Waals surface area contributed by atoms with Crippen molar-refractivity contribution in [1.82, 2.24) is 10.2 Å². The van der Waals surface area contributed by atoms with E-state index < -0.39 is 18.4 Å². The van der Waals surface area contributed by atoms with Gasteiger partial charge in [0.15, 0.2) is 0 Å². The van der Waals surface area contributed by atoms with E-state index >= 15 is 0 Å². The predicted octanol–water partition coefficient (Wildman–Crippen LogP) is 1.24. The van der Waals surface area contributed by atoms with Gasteiger partial charge < -0.3 is 9.80 Å². The van der Waals surface area contributed by atoms with Crippen LogP contribution in [-0.4, -0.2) is 41.7 Å². The Morgan fingerprint density at radius 2 is 2.18 bits per heavy atom.